The Morgan fingerprint density at radius 2 is 1.71 bits per heavy atom. The van der Waals surface area contributed by atoms with E-state index in [4.69, 9.17) is 0 Å². The third kappa shape index (κ3) is 4.89. The minimum atomic E-state index is 0. The molecule has 0 aliphatic carbocycles. The summed E-state index contributed by atoms with van der Waals surface area (Å²) >= 11 is 0. The van der Waals surface area contributed by atoms with E-state index in [0.717, 1.165) is 53.8 Å². The summed E-state index contributed by atoms with van der Waals surface area (Å²) in [6, 6.07) is 6.28. The van der Waals surface area contributed by atoms with E-state index in [9.17, 15) is 4.79 Å². The van der Waals surface area contributed by atoms with Crippen LogP contribution >= 0.6 is 0 Å². The monoisotopic (exact) mass is 406 g/mol. The first-order valence-electron chi connectivity index (χ1n) is 9.27. The van der Waals surface area contributed by atoms with Gasteiger partial charge in [0.15, 0.2) is 6.04 Å². The first-order chi connectivity index (χ1) is 11.0. The Kier molecular flexibility index (Phi) is 9.12. The van der Waals surface area contributed by atoms with Crippen LogP contribution in [0.15, 0.2) is 18.2 Å². The van der Waals surface area contributed by atoms with Gasteiger partial charge in [-0.2, -0.15) is 0 Å². The Morgan fingerprint density at radius 1 is 1.12 bits per heavy atom. The second-order valence-electron chi connectivity index (χ2n) is 7.10. The molecular weight excluding hydrogens is 373 g/mol. The summed E-state index contributed by atoms with van der Waals surface area (Å²) < 4.78 is 0.977. The fourth-order valence-electron chi connectivity index (χ4n) is 4.14. The maximum atomic E-state index is 13.1. The number of nitrogens with zero attached hydrogens (tertiary/aromatic N) is 1. The maximum Gasteiger partial charge on any atom is 0.282 e. The number of piperidine rings is 1. The van der Waals surface area contributed by atoms with Crippen molar-refractivity contribution in [2.45, 2.75) is 65.8 Å². The molecule has 1 aromatic rings. The third-order valence-electron chi connectivity index (χ3n) is 5.59. The van der Waals surface area contributed by atoms with Crippen molar-refractivity contribution in [1.29, 1.82) is 0 Å². The SMILES string of the molecule is CCCC(C(=O)Nc1c(C)cccc1C)[N+]1(CC)CCCCC1.[Y]. The van der Waals surface area contributed by atoms with Gasteiger partial charge in [-0.1, -0.05) is 25.1 Å². The van der Waals surface area contributed by atoms with E-state index in [1.165, 1.54) is 19.3 Å². The van der Waals surface area contributed by atoms with Crippen LogP contribution in [0.2, 0.25) is 0 Å². The zero-order valence-corrected chi connectivity index (χ0v) is 18.7. The van der Waals surface area contributed by atoms with Gasteiger partial charge in [0.1, 0.15) is 0 Å². The van der Waals surface area contributed by atoms with E-state index >= 15 is 0 Å². The van der Waals surface area contributed by atoms with Gasteiger partial charge in [-0.25, -0.2) is 0 Å². The zero-order valence-electron chi connectivity index (χ0n) is 15.9. The second kappa shape index (κ2) is 10.0. The van der Waals surface area contributed by atoms with Crippen molar-refractivity contribution in [3.63, 3.8) is 0 Å². The van der Waals surface area contributed by atoms with Crippen molar-refractivity contribution in [3.8, 4) is 0 Å². The molecule has 1 amide bonds. The van der Waals surface area contributed by atoms with Crippen molar-refractivity contribution in [2.24, 2.45) is 0 Å². The summed E-state index contributed by atoms with van der Waals surface area (Å²) in [6.07, 6.45) is 5.86. The number of hydrogen-bond donors (Lipinski definition) is 1. The smallest absolute Gasteiger partial charge is 0.282 e. The number of benzene rings is 1. The summed E-state index contributed by atoms with van der Waals surface area (Å²) in [7, 11) is 0. The number of quaternary nitrogens is 1. The fourth-order valence-corrected chi connectivity index (χ4v) is 4.14. The van der Waals surface area contributed by atoms with Crippen molar-refractivity contribution >= 4 is 11.6 Å². The normalized spacial score (nSPS) is 17.7. The number of likely N-dealkylation sites (tertiary alicyclic amines) is 1. The summed E-state index contributed by atoms with van der Waals surface area (Å²) in [6.45, 7) is 12.0. The van der Waals surface area contributed by atoms with Crippen LogP contribution in [0.25, 0.3) is 0 Å². The van der Waals surface area contributed by atoms with Gasteiger partial charge in [0, 0.05) is 44.8 Å². The Labute approximate surface area is 173 Å². The van der Waals surface area contributed by atoms with E-state index in [1.807, 2.05) is 0 Å². The minimum absolute atomic E-state index is 0. The predicted octanol–water partition coefficient (Wildman–Crippen LogP) is 4.43. The predicted molar refractivity (Wildman–Crippen MR) is 97.6 cm³/mol. The van der Waals surface area contributed by atoms with Gasteiger partial charge in [0.25, 0.3) is 5.91 Å². The number of likely N-dealkylation sites (N-methyl/N-ethyl adjacent to an activating group) is 1. The topological polar surface area (TPSA) is 29.1 Å². The van der Waals surface area contributed by atoms with Gasteiger partial charge >= 0.3 is 0 Å². The van der Waals surface area contributed by atoms with Crippen LogP contribution < -0.4 is 5.32 Å². The second-order valence-corrected chi connectivity index (χ2v) is 7.10. The first-order valence-corrected chi connectivity index (χ1v) is 9.27. The molecule has 1 aromatic carbocycles. The standard InChI is InChI=1S/C20H32N2O.Y/c1-5-11-18(22(6-2)14-8-7-9-15-22)20(23)21-19-16(3)12-10-13-17(19)4;/h10,12-13,18H,5-9,11,14-15H2,1-4H3;/p+1. The summed E-state index contributed by atoms with van der Waals surface area (Å²) in [5.74, 6) is 0.216. The quantitative estimate of drug-likeness (QED) is 0.696. The van der Waals surface area contributed by atoms with Crippen LogP contribution in [0, 0.1) is 13.8 Å². The molecule has 0 aromatic heterocycles. The average molecular weight is 406 g/mol. The molecule has 131 valence electrons. The van der Waals surface area contributed by atoms with Crippen LogP contribution in [0.3, 0.4) is 0 Å². The Bertz CT molecular complexity index is 518. The molecule has 1 aliphatic heterocycles. The molecule has 2 rings (SSSR count). The van der Waals surface area contributed by atoms with Gasteiger partial charge < -0.3 is 9.80 Å². The van der Waals surface area contributed by atoms with Crippen LogP contribution in [0.1, 0.15) is 57.1 Å². The van der Waals surface area contributed by atoms with Crippen LogP contribution in [0.4, 0.5) is 5.69 Å². The maximum absolute atomic E-state index is 13.1. The van der Waals surface area contributed by atoms with Crippen molar-refractivity contribution < 1.29 is 42.0 Å². The number of carbonyl (C=O) groups is 1. The molecule has 1 heterocycles. The number of nitrogens with one attached hydrogen (secondary N) is 1. The molecule has 1 atom stereocenters. The van der Waals surface area contributed by atoms with Gasteiger partial charge in [-0.3, -0.25) is 4.79 Å². The molecule has 1 radical (unpaired) electrons. The number of para-hydroxylation sites is 1. The van der Waals surface area contributed by atoms with Crippen molar-refractivity contribution in [3.05, 3.63) is 29.3 Å². The molecule has 1 N–H and O–H groups in total. The number of anilines is 1. The van der Waals surface area contributed by atoms with E-state index in [0.29, 0.717) is 0 Å². The molecular formula is C20H33N2OY+. The largest absolute Gasteiger partial charge is 0.320 e. The van der Waals surface area contributed by atoms with Gasteiger partial charge in [-0.05, 0) is 57.6 Å². The Morgan fingerprint density at radius 3 is 2.21 bits per heavy atom. The number of aryl methyl sites for hydroxylation is 2. The van der Waals surface area contributed by atoms with Gasteiger partial charge in [0.05, 0.1) is 19.6 Å². The van der Waals surface area contributed by atoms with Crippen LogP contribution in [-0.2, 0) is 37.5 Å². The third-order valence-corrected chi connectivity index (χ3v) is 5.59. The Hall–Kier alpha value is -0.246. The number of hydrogen-bond acceptors (Lipinski definition) is 1. The van der Waals surface area contributed by atoms with Gasteiger partial charge in [-0.15, -0.1) is 0 Å². The van der Waals surface area contributed by atoms with E-state index in [2.05, 4.69) is 51.2 Å². The number of carbonyl (C=O) groups excluding carboxylic acids is 1. The molecule has 1 aliphatic rings. The van der Waals surface area contributed by atoms with E-state index in [-0.39, 0.29) is 44.7 Å². The van der Waals surface area contributed by atoms with Crippen LogP contribution in [-0.4, -0.2) is 36.1 Å². The van der Waals surface area contributed by atoms with Crippen molar-refractivity contribution in [1.82, 2.24) is 0 Å². The summed E-state index contributed by atoms with van der Waals surface area (Å²) in [4.78, 5) is 13.1. The number of rotatable bonds is 6. The molecule has 3 nitrogen and oxygen atoms in total. The van der Waals surface area contributed by atoms with Gasteiger partial charge in [0.2, 0.25) is 0 Å². The summed E-state index contributed by atoms with van der Waals surface area (Å²) in [5, 5.41) is 3.27. The minimum Gasteiger partial charge on any atom is -0.320 e. The van der Waals surface area contributed by atoms with Crippen molar-refractivity contribution in [2.75, 3.05) is 25.0 Å². The average Bonchev–Trinajstić information content (AvgIpc) is 2.56. The first kappa shape index (κ1) is 21.8. The fraction of sp³-hybridized carbons (Fsp3) is 0.650. The van der Waals surface area contributed by atoms with E-state index in [1.54, 1.807) is 0 Å². The van der Waals surface area contributed by atoms with Crippen LogP contribution in [0.5, 0.6) is 0 Å². The molecule has 24 heavy (non-hydrogen) atoms. The van der Waals surface area contributed by atoms with E-state index < -0.39 is 0 Å². The molecule has 0 saturated carbocycles. The Balaban J connectivity index is 0.00000288. The molecule has 1 saturated heterocycles. The summed E-state index contributed by atoms with van der Waals surface area (Å²) in [5.41, 5.74) is 3.30. The molecule has 0 spiro atoms. The molecule has 0 bridgehead atoms. The zero-order chi connectivity index (χ0) is 16.9. The molecule has 4 heteroatoms. The molecule has 1 unspecified atom stereocenters. The molecule has 1 fully saturated rings. The number of amides is 1.